The highest BCUT2D eigenvalue weighted by atomic mass is 79.9. The molecule has 0 radical (unpaired) electrons. The first-order chi connectivity index (χ1) is 8.90. The molecule has 0 aromatic heterocycles. The molecule has 0 aliphatic heterocycles. The second kappa shape index (κ2) is 7.24. The number of halogens is 2. The van der Waals surface area contributed by atoms with E-state index in [1.165, 1.54) is 11.1 Å². The number of alkyl halides is 2. The molecule has 0 saturated carbocycles. The Hall–Kier alpha value is 0.140. The third kappa shape index (κ3) is 4.30. The summed E-state index contributed by atoms with van der Waals surface area (Å²) in [5.41, 5.74) is 2.84. The van der Waals surface area contributed by atoms with Gasteiger partial charge in [0.05, 0.1) is 5.60 Å². The highest BCUT2D eigenvalue weighted by Crippen LogP contribution is 2.37. The van der Waals surface area contributed by atoms with E-state index in [0.717, 1.165) is 23.5 Å². The maximum Gasteiger partial charge on any atom is 0.0623 e. The van der Waals surface area contributed by atoms with Crippen LogP contribution in [0.2, 0.25) is 0 Å². The van der Waals surface area contributed by atoms with Crippen molar-refractivity contribution < 1.29 is 4.74 Å². The Labute approximate surface area is 134 Å². The number of ether oxygens (including phenoxy) is 1. The van der Waals surface area contributed by atoms with Crippen molar-refractivity contribution in [3.05, 3.63) is 35.4 Å². The van der Waals surface area contributed by atoms with Crippen molar-refractivity contribution in [3.8, 4) is 0 Å². The Bertz CT molecular complexity index is 397. The molecule has 108 valence electrons. The Morgan fingerprint density at radius 1 is 1.05 bits per heavy atom. The maximum atomic E-state index is 5.56. The minimum Gasteiger partial charge on any atom is -0.379 e. The molecule has 1 rings (SSSR count). The molecule has 0 saturated heterocycles. The Kier molecular flexibility index (Phi) is 6.55. The van der Waals surface area contributed by atoms with Crippen LogP contribution < -0.4 is 0 Å². The van der Waals surface area contributed by atoms with E-state index >= 15 is 0 Å². The summed E-state index contributed by atoms with van der Waals surface area (Å²) in [5.74, 6) is 0. The predicted octanol–water partition coefficient (Wildman–Crippen LogP) is 5.23. The zero-order valence-corrected chi connectivity index (χ0v) is 15.5. The van der Waals surface area contributed by atoms with Crippen LogP contribution in [0.1, 0.15) is 37.8 Å². The minimum absolute atomic E-state index is 0.0712. The molecule has 0 N–H and O–H groups in total. The smallest absolute Gasteiger partial charge is 0.0623 e. The van der Waals surface area contributed by atoms with Gasteiger partial charge in [-0.25, -0.2) is 0 Å². The Morgan fingerprint density at radius 3 is 2.11 bits per heavy atom. The highest BCUT2D eigenvalue weighted by Gasteiger charge is 2.33. The first-order valence-corrected chi connectivity index (χ1v) is 8.88. The van der Waals surface area contributed by atoms with E-state index in [1.807, 2.05) is 0 Å². The lowest BCUT2D eigenvalue weighted by Crippen LogP contribution is -2.35. The normalized spacial score (nSPS) is 12.7. The van der Waals surface area contributed by atoms with Gasteiger partial charge in [-0.05, 0) is 44.7 Å². The van der Waals surface area contributed by atoms with Gasteiger partial charge in [0, 0.05) is 23.2 Å². The fourth-order valence-electron chi connectivity index (χ4n) is 2.26. The van der Waals surface area contributed by atoms with Gasteiger partial charge in [-0.1, -0.05) is 56.1 Å². The van der Waals surface area contributed by atoms with E-state index < -0.39 is 0 Å². The van der Waals surface area contributed by atoms with Gasteiger partial charge in [0.1, 0.15) is 0 Å². The number of aryl methyl sites for hydroxylation is 1. The Balaban J connectivity index is 3.01. The third-order valence-corrected chi connectivity index (χ3v) is 6.13. The standard InChI is InChI=1S/C16H24Br2O/c1-13-7-5-6-8-14(13)16(11-17,12-18)10-9-15(2,3)19-4/h5-8H,9-12H2,1-4H3. The largest absolute Gasteiger partial charge is 0.379 e. The van der Waals surface area contributed by atoms with Gasteiger partial charge in [0.25, 0.3) is 0 Å². The topological polar surface area (TPSA) is 9.23 Å². The number of benzene rings is 1. The fraction of sp³-hybridized carbons (Fsp3) is 0.625. The molecule has 0 spiro atoms. The summed E-state index contributed by atoms with van der Waals surface area (Å²) >= 11 is 7.45. The van der Waals surface area contributed by atoms with Crippen molar-refractivity contribution >= 4 is 31.9 Å². The van der Waals surface area contributed by atoms with Gasteiger partial charge in [0.2, 0.25) is 0 Å². The van der Waals surface area contributed by atoms with Gasteiger partial charge >= 0.3 is 0 Å². The lowest BCUT2D eigenvalue weighted by Gasteiger charge is -2.35. The van der Waals surface area contributed by atoms with E-state index in [2.05, 4.69) is 76.9 Å². The lowest BCUT2D eigenvalue weighted by molar-refractivity contribution is 0.0102. The van der Waals surface area contributed by atoms with Crippen LogP contribution in [-0.4, -0.2) is 23.4 Å². The number of rotatable bonds is 7. The quantitative estimate of drug-likeness (QED) is 0.578. The first-order valence-electron chi connectivity index (χ1n) is 6.64. The second-order valence-corrected chi connectivity index (χ2v) is 6.95. The van der Waals surface area contributed by atoms with Gasteiger partial charge < -0.3 is 4.74 Å². The van der Waals surface area contributed by atoms with E-state index in [4.69, 9.17) is 4.74 Å². The zero-order chi connectivity index (χ0) is 14.5. The third-order valence-electron chi connectivity index (χ3n) is 3.99. The fourth-order valence-corrected chi connectivity index (χ4v) is 4.35. The van der Waals surface area contributed by atoms with Crippen LogP contribution in [0.3, 0.4) is 0 Å². The second-order valence-electron chi connectivity index (χ2n) is 5.83. The average molecular weight is 392 g/mol. The number of methoxy groups -OCH3 is 1. The average Bonchev–Trinajstić information content (AvgIpc) is 2.42. The molecule has 1 aromatic rings. The molecule has 0 aliphatic rings. The molecule has 0 bridgehead atoms. The van der Waals surface area contributed by atoms with Gasteiger partial charge in [-0.2, -0.15) is 0 Å². The van der Waals surface area contributed by atoms with E-state index in [0.29, 0.717) is 0 Å². The van der Waals surface area contributed by atoms with Crippen LogP contribution in [0.15, 0.2) is 24.3 Å². The van der Waals surface area contributed by atoms with Crippen molar-refractivity contribution in [1.29, 1.82) is 0 Å². The molecule has 0 aliphatic carbocycles. The minimum atomic E-state index is -0.0712. The van der Waals surface area contributed by atoms with Crippen LogP contribution >= 0.6 is 31.9 Å². The van der Waals surface area contributed by atoms with Gasteiger partial charge in [-0.15, -0.1) is 0 Å². The monoisotopic (exact) mass is 390 g/mol. The van der Waals surface area contributed by atoms with Crippen LogP contribution in [0.4, 0.5) is 0 Å². The van der Waals surface area contributed by atoms with Crippen molar-refractivity contribution in [2.45, 2.75) is 44.6 Å². The van der Waals surface area contributed by atoms with Crippen LogP contribution in [0.25, 0.3) is 0 Å². The summed E-state index contributed by atoms with van der Waals surface area (Å²) < 4.78 is 5.56. The highest BCUT2D eigenvalue weighted by molar-refractivity contribution is 9.09. The molecule has 1 nitrogen and oxygen atoms in total. The number of hydrogen-bond donors (Lipinski definition) is 0. The van der Waals surface area contributed by atoms with Crippen molar-refractivity contribution in [2.24, 2.45) is 0 Å². The lowest BCUT2D eigenvalue weighted by atomic mass is 9.76. The van der Waals surface area contributed by atoms with E-state index in [-0.39, 0.29) is 11.0 Å². The molecule has 0 fully saturated rings. The molecular weight excluding hydrogens is 368 g/mol. The molecule has 1 aromatic carbocycles. The van der Waals surface area contributed by atoms with Crippen molar-refractivity contribution in [2.75, 3.05) is 17.8 Å². The van der Waals surface area contributed by atoms with Crippen molar-refractivity contribution in [1.82, 2.24) is 0 Å². The molecule has 19 heavy (non-hydrogen) atoms. The summed E-state index contributed by atoms with van der Waals surface area (Å²) in [5, 5.41) is 1.91. The molecule has 0 atom stereocenters. The molecule has 3 heteroatoms. The SMILES string of the molecule is COC(C)(C)CCC(CBr)(CBr)c1ccccc1C. The van der Waals surface area contributed by atoms with Crippen LogP contribution in [-0.2, 0) is 10.2 Å². The summed E-state index contributed by atoms with van der Waals surface area (Å²) in [7, 11) is 1.79. The van der Waals surface area contributed by atoms with E-state index in [1.54, 1.807) is 7.11 Å². The Morgan fingerprint density at radius 2 is 1.63 bits per heavy atom. The molecular formula is C16H24Br2O. The summed E-state index contributed by atoms with van der Waals surface area (Å²) in [4.78, 5) is 0. The predicted molar refractivity (Wildman–Crippen MR) is 90.8 cm³/mol. The summed E-state index contributed by atoms with van der Waals surface area (Å²) in [6, 6.07) is 8.67. The van der Waals surface area contributed by atoms with E-state index in [9.17, 15) is 0 Å². The summed E-state index contributed by atoms with van der Waals surface area (Å²) in [6.45, 7) is 6.49. The first kappa shape index (κ1) is 17.2. The van der Waals surface area contributed by atoms with Crippen LogP contribution in [0.5, 0.6) is 0 Å². The maximum absolute atomic E-state index is 5.56. The van der Waals surface area contributed by atoms with Gasteiger partial charge in [-0.3, -0.25) is 0 Å². The van der Waals surface area contributed by atoms with Crippen LogP contribution in [0, 0.1) is 6.92 Å². The zero-order valence-electron chi connectivity index (χ0n) is 12.3. The molecule has 0 unspecified atom stereocenters. The summed E-state index contributed by atoms with van der Waals surface area (Å²) in [6.07, 6.45) is 2.13. The van der Waals surface area contributed by atoms with Gasteiger partial charge in [0.15, 0.2) is 0 Å². The van der Waals surface area contributed by atoms with Crippen molar-refractivity contribution in [3.63, 3.8) is 0 Å². The molecule has 0 heterocycles. The molecule has 0 amide bonds. The number of hydrogen-bond acceptors (Lipinski definition) is 1.